The molecule has 0 spiro atoms. The van der Waals surface area contributed by atoms with E-state index in [9.17, 15) is 21.6 Å². The second-order valence-corrected chi connectivity index (χ2v) is 11.5. The van der Waals surface area contributed by atoms with Crippen LogP contribution in [-0.4, -0.2) is 59.6 Å². The van der Waals surface area contributed by atoms with E-state index in [0.29, 0.717) is 51.1 Å². The molecule has 0 atom stereocenters. The fourth-order valence-electron chi connectivity index (χ4n) is 3.49. The van der Waals surface area contributed by atoms with Gasteiger partial charge in [-0.15, -0.1) is 0 Å². The third-order valence-electron chi connectivity index (χ3n) is 5.28. The monoisotopic (exact) mass is 480 g/mol. The highest BCUT2D eigenvalue weighted by molar-refractivity contribution is 7.90. The molecule has 0 saturated carbocycles. The first-order valence-electron chi connectivity index (χ1n) is 10.4. The highest BCUT2D eigenvalue weighted by atomic mass is 32.2. The minimum Gasteiger partial charge on any atom is -0.494 e. The van der Waals surface area contributed by atoms with Crippen molar-refractivity contribution >= 4 is 25.8 Å². The summed E-state index contributed by atoms with van der Waals surface area (Å²) < 4.78 is 56.1. The van der Waals surface area contributed by atoms with Gasteiger partial charge < -0.3 is 9.64 Å². The maximum Gasteiger partial charge on any atom is 0.240 e. The van der Waals surface area contributed by atoms with Gasteiger partial charge in [0.2, 0.25) is 15.9 Å². The predicted molar refractivity (Wildman–Crippen MR) is 121 cm³/mol. The molecule has 32 heavy (non-hydrogen) atoms. The van der Waals surface area contributed by atoms with Gasteiger partial charge in [-0.3, -0.25) is 4.79 Å². The molecule has 0 radical (unpaired) electrons. The lowest BCUT2D eigenvalue weighted by Gasteiger charge is -2.32. The number of hydrogen-bond donors (Lipinski definition) is 1. The quantitative estimate of drug-likeness (QED) is 0.551. The first-order chi connectivity index (χ1) is 15.1. The second kappa shape index (κ2) is 10.5. The molecule has 8 nitrogen and oxygen atoms in total. The molecule has 1 saturated heterocycles. The van der Waals surface area contributed by atoms with Gasteiger partial charge in [-0.1, -0.05) is 18.2 Å². The Labute approximate surface area is 189 Å². The van der Waals surface area contributed by atoms with Crippen molar-refractivity contribution in [3.63, 3.8) is 0 Å². The van der Waals surface area contributed by atoms with E-state index in [2.05, 4.69) is 4.72 Å². The van der Waals surface area contributed by atoms with Crippen LogP contribution >= 0.6 is 0 Å². The van der Waals surface area contributed by atoms with Crippen LogP contribution in [0.3, 0.4) is 0 Å². The first-order valence-corrected chi connectivity index (χ1v) is 13.8. The summed E-state index contributed by atoms with van der Waals surface area (Å²) in [5.41, 5.74) is 0. The molecule has 0 bridgehead atoms. The van der Waals surface area contributed by atoms with Crippen LogP contribution < -0.4 is 9.46 Å². The molecule has 174 valence electrons. The zero-order valence-electron chi connectivity index (χ0n) is 17.9. The topological polar surface area (TPSA) is 110 Å². The van der Waals surface area contributed by atoms with Crippen molar-refractivity contribution in [2.24, 2.45) is 0 Å². The van der Waals surface area contributed by atoms with E-state index in [0.717, 1.165) is 6.26 Å². The van der Waals surface area contributed by atoms with Gasteiger partial charge in [0.1, 0.15) is 5.75 Å². The fraction of sp³-hybridized carbons (Fsp3) is 0.409. The van der Waals surface area contributed by atoms with Gasteiger partial charge in [-0.05, 0) is 55.7 Å². The lowest BCUT2D eigenvalue weighted by atomic mass is 10.1. The minimum atomic E-state index is -3.56. The van der Waals surface area contributed by atoms with Gasteiger partial charge in [-0.25, -0.2) is 21.6 Å². The number of likely N-dealkylation sites (tertiary alicyclic amines) is 1. The Bertz CT molecular complexity index is 1110. The highest BCUT2D eigenvalue weighted by Gasteiger charge is 2.26. The molecule has 1 amide bonds. The largest absolute Gasteiger partial charge is 0.494 e. The summed E-state index contributed by atoms with van der Waals surface area (Å²) >= 11 is 0. The molecule has 2 aromatic rings. The third kappa shape index (κ3) is 6.78. The Hall–Kier alpha value is -2.43. The molecule has 0 aliphatic carbocycles. The number of piperidine rings is 1. The predicted octanol–water partition coefficient (Wildman–Crippen LogP) is 2.22. The molecule has 3 rings (SSSR count). The standard InChI is InChI=1S/C22H28N2O6S2/c1-31(26,27)20-11-9-19(10-12-20)30-17-5-8-22(25)24-15-13-18(14-16-24)23-32(28,29)21-6-3-2-4-7-21/h2-4,6-7,9-12,18,23H,5,8,13-17H2,1H3. The lowest BCUT2D eigenvalue weighted by Crippen LogP contribution is -2.46. The summed E-state index contributed by atoms with van der Waals surface area (Å²) in [6.45, 7) is 1.36. The Morgan fingerprint density at radius 3 is 2.19 bits per heavy atom. The number of amides is 1. The molecule has 0 unspecified atom stereocenters. The smallest absolute Gasteiger partial charge is 0.240 e. The van der Waals surface area contributed by atoms with E-state index in [4.69, 9.17) is 4.74 Å². The van der Waals surface area contributed by atoms with Gasteiger partial charge in [0, 0.05) is 31.8 Å². The molecule has 2 aromatic carbocycles. The van der Waals surface area contributed by atoms with Crippen LogP contribution in [-0.2, 0) is 24.7 Å². The maximum absolute atomic E-state index is 12.4. The van der Waals surface area contributed by atoms with E-state index < -0.39 is 19.9 Å². The molecule has 10 heteroatoms. The van der Waals surface area contributed by atoms with E-state index in [1.165, 1.54) is 12.1 Å². The second-order valence-electron chi connectivity index (χ2n) is 7.78. The van der Waals surface area contributed by atoms with Crippen molar-refractivity contribution in [3.8, 4) is 5.75 Å². The molecular formula is C22H28N2O6S2. The molecule has 1 fully saturated rings. The van der Waals surface area contributed by atoms with Crippen molar-refractivity contribution in [1.29, 1.82) is 0 Å². The number of carbonyl (C=O) groups is 1. The van der Waals surface area contributed by atoms with Gasteiger partial charge >= 0.3 is 0 Å². The number of ether oxygens (including phenoxy) is 1. The molecule has 1 heterocycles. The number of rotatable bonds is 9. The number of benzene rings is 2. The van der Waals surface area contributed by atoms with E-state index in [1.54, 1.807) is 47.4 Å². The average Bonchev–Trinajstić information content (AvgIpc) is 2.77. The summed E-state index contributed by atoms with van der Waals surface area (Å²) in [5, 5.41) is 0. The zero-order valence-corrected chi connectivity index (χ0v) is 19.6. The van der Waals surface area contributed by atoms with Crippen LogP contribution in [0.15, 0.2) is 64.4 Å². The summed E-state index contributed by atoms with van der Waals surface area (Å²) in [5.74, 6) is 0.571. The first kappa shape index (κ1) is 24.2. The van der Waals surface area contributed by atoms with Crippen molar-refractivity contribution in [3.05, 3.63) is 54.6 Å². The fourth-order valence-corrected chi connectivity index (χ4v) is 5.44. The molecule has 1 N–H and O–H groups in total. The number of hydrogen-bond acceptors (Lipinski definition) is 6. The van der Waals surface area contributed by atoms with Crippen molar-refractivity contribution in [1.82, 2.24) is 9.62 Å². The summed E-state index contributed by atoms with van der Waals surface area (Å²) in [4.78, 5) is 14.7. The molecule has 1 aliphatic rings. The normalized spacial score (nSPS) is 15.5. The SMILES string of the molecule is CS(=O)(=O)c1ccc(OCCCC(=O)N2CCC(NS(=O)(=O)c3ccccc3)CC2)cc1. The van der Waals surface area contributed by atoms with Gasteiger partial charge in [0.15, 0.2) is 9.84 Å². The van der Waals surface area contributed by atoms with Crippen molar-refractivity contribution < 1.29 is 26.4 Å². The number of nitrogens with one attached hydrogen (secondary N) is 1. The van der Waals surface area contributed by atoms with Gasteiger partial charge in [0.05, 0.1) is 16.4 Å². The van der Waals surface area contributed by atoms with Crippen LogP contribution in [0.4, 0.5) is 0 Å². The lowest BCUT2D eigenvalue weighted by molar-refractivity contribution is -0.132. The van der Waals surface area contributed by atoms with Crippen LogP contribution in [0.25, 0.3) is 0 Å². The van der Waals surface area contributed by atoms with Crippen molar-refractivity contribution in [2.75, 3.05) is 26.0 Å². The van der Waals surface area contributed by atoms with Crippen LogP contribution in [0.5, 0.6) is 5.75 Å². The van der Waals surface area contributed by atoms with Crippen LogP contribution in [0.1, 0.15) is 25.7 Å². The van der Waals surface area contributed by atoms with Gasteiger partial charge in [0.25, 0.3) is 0 Å². The van der Waals surface area contributed by atoms with Crippen LogP contribution in [0, 0.1) is 0 Å². The Kier molecular flexibility index (Phi) is 7.91. The molecule has 0 aromatic heterocycles. The highest BCUT2D eigenvalue weighted by Crippen LogP contribution is 2.18. The number of sulfone groups is 1. The number of sulfonamides is 1. The Morgan fingerprint density at radius 2 is 1.59 bits per heavy atom. The summed E-state index contributed by atoms with van der Waals surface area (Å²) in [6, 6.07) is 14.2. The van der Waals surface area contributed by atoms with Crippen LogP contribution in [0.2, 0.25) is 0 Å². The third-order valence-corrected chi connectivity index (χ3v) is 7.94. The molecule has 1 aliphatic heterocycles. The Morgan fingerprint density at radius 1 is 0.969 bits per heavy atom. The van der Waals surface area contributed by atoms with E-state index in [-0.39, 0.29) is 21.7 Å². The van der Waals surface area contributed by atoms with Crippen molar-refractivity contribution in [2.45, 2.75) is 41.5 Å². The average molecular weight is 481 g/mol. The molecular weight excluding hydrogens is 452 g/mol. The number of nitrogens with zero attached hydrogens (tertiary/aromatic N) is 1. The maximum atomic E-state index is 12.4. The number of carbonyl (C=O) groups excluding carboxylic acids is 1. The Balaban J connectivity index is 1.37. The summed E-state index contributed by atoms with van der Waals surface area (Å²) in [6.07, 6.45) is 3.16. The van der Waals surface area contributed by atoms with E-state index in [1.807, 2.05) is 0 Å². The summed E-state index contributed by atoms with van der Waals surface area (Å²) in [7, 11) is -6.80. The van der Waals surface area contributed by atoms with Gasteiger partial charge in [-0.2, -0.15) is 0 Å². The zero-order chi connectivity index (χ0) is 23.2. The van der Waals surface area contributed by atoms with E-state index >= 15 is 0 Å². The minimum absolute atomic E-state index is 0.0189.